The molecule has 0 bridgehead atoms. The van der Waals surface area contributed by atoms with Gasteiger partial charge in [0.25, 0.3) is 0 Å². The molecule has 0 saturated carbocycles. The Labute approximate surface area is 182 Å². The van der Waals surface area contributed by atoms with Crippen LogP contribution in [-0.2, 0) is 25.6 Å². The van der Waals surface area contributed by atoms with E-state index in [1.165, 1.54) is 0 Å². The van der Waals surface area contributed by atoms with Gasteiger partial charge in [0.1, 0.15) is 11.9 Å². The highest BCUT2D eigenvalue weighted by molar-refractivity contribution is 7.13. The minimum atomic E-state index is -0.189. The van der Waals surface area contributed by atoms with Crippen LogP contribution in [0.25, 0.3) is 10.4 Å². The van der Waals surface area contributed by atoms with Gasteiger partial charge in [-0.1, -0.05) is 19.9 Å². The first-order valence-electron chi connectivity index (χ1n) is 10.4. The van der Waals surface area contributed by atoms with E-state index in [4.69, 9.17) is 18.9 Å². The first kappa shape index (κ1) is 22.7. The highest BCUT2D eigenvalue weighted by Crippen LogP contribution is 2.34. The second kappa shape index (κ2) is 10.9. The SMILES string of the molecule is COCCCOc1cc(COC(C)C2CC(C(C)C)C(=O)O2)ccc1-c1cncs1. The molecule has 0 spiro atoms. The summed E-state index contributed by atoms with van der Waals surface area (Å²) in [6.07, 6.45) is 3.03. The van der Waals surface area contributed by atoms with Gasteiger partial charge in [0, 0.05) is 38.3 Å². The molecule has 3 rings (SSSR count). The molecule has 0 N–H and O–H groups in total. The van der Waals surface area contributed by atoms with Gasteiger partial charge in [0.05, 0.1) is 35.6 Å². The molecule has 164 valence electrons. The average molecular weight is 434 g/mol. The first-order valence-corrected chi connectivity index (χ1v) is 11.3. The number of hydrogen-bond acceptors (Lipinski definition) is 7. The van der Waals surface area contributed by atoms with Crippen LogP contribution >= 0.6 is 11.3 Å². The highest BCUT2D eigenvalue weighted by atomic mass is 32.1. The predicted molar refractivity (Wildman–Crippen MR) is 117 cm³/mol. The zero-order valence-electron chi connectivity index (χ0n) is 18.1. The number of carbonyl (C=O) groups is 1. The largest absolute Gasteiger partial charge is 0.493 e. The van der Waals surface area contributed by atoms with Crippen molar-refractivity contribution >= 4 is 17.3 Å². The molecule has 1 aliphatic heterocycles. The number of methoxy groups -OCH3 is 1. The van der Waals surface area contributed by atoms with E-state index in [0.717, 1.165) is 34.6 Å². The van der Waals surface area contributed by atoms with Crippen LogP contribution in [0.15, 0.2) is 29.9 Å². The van der Waals surface area contributed by atoms with E-state index in [1.54, 1.807) is 18.4 Å². The zero-order valence-corrected chi connectivity index (χ0v) is 18.9. The maximum atomic E-state index is 12.0. The molecule has 0 amide bonds. The number of rotatable bonds is 11. The Morgan fingerprint density at radius 1 is 1.27 bits per heavy atom. The number of carbonyl (C=O) groups excluding carboxylic acids is 1. The van der Waals surface area contributed by atoms with Gasteiger partial charge < -0.3 is 18.9 Å². The quantitative estimate of drug-likeness (QED) is 0.377. The molecule has 2 aromatic rings. The number of aromatic nitrogens is 1. The Bertz CT molecular complexity index is 808. The summed E-state index contributed by atoms with van der Waals surface area (Å²) in [6.45, 7) is 7.74. The fraction of sp³-hybridized carbons (Fsp3) is 0.565. The maximum Gasteiger partial charge on any atom is 0.309 e. The van der Waals surface area contributed by atoms with Crippen molar-refractivity contribution in [2.24, 2.45) is 11.8 Å². The molecule has 6 nitrogen and oxygen atoms in total. The topological polar surface area (TPSA) is 66.9 Å². The summed E-state index contributed by atoms with van der Waals surface area (Å²) < 4.78 is 22.7. The summed E-state index contributed by atoms with van der Waals surface area (Å²) in [4.78, 5) is 17.3. The Kier molecular flexibility index (Phi) is 8.24. The van der Waals surface area contributed by atoms with E-state index in [1.807, 2.05) is 36.8 Å². The van der Waals surface area contributed by atoms with Crippen molar-refractivity contribution in [3.05, 3.63) is 35.5 Å². The molecule has 1 aliphatic rings. The molecule has 1 saturated heterocycles. The lowest BCUT2D eigenvalue weighted by molar-refractivity contribution is -0.150. The van der Waals surface area contributed by atoms with Gasteiger partial charge in [-0.3, -0.25) is 9.78 Å². The van der Waals surface area contributed by atoms with Gasteiger partial charge in [0.2, 0.25) is 0 Å². The maximum absolute atomic E-state index is 12.0. The van der Waals surface area contributed by atoms with Crippen LogP contribution in [0.3, 0.4) is 0 Å². The van der Waals surface area contributed by atoms with Gasteiger partial charge in [-0.05, 0) is 30.5 Å². The van der Waals surface area contributed by atoms with Crippen LogP contribution < -0.4 is 4.74 Å². The van der Waals surface area contributed by atoms with Gasteiger partial charge in [-0.25, -0.2) is 0 Å². The molecular weight excluding hydrogens is 402 g/mol. The van der Waals surface area contributed by atoms with Crippen LogP contribution in [0.1, 0.15) is 39.2 Å². The minimum Gasteiger partial charge on any atom is -0.493 e. The lowest BCUT2D eigenvalue weighted by Crippen LogP contribution is -2.25. The summed E-state index contributed by atoms with van der Waals surface area (Å²) in [5, 5.41) is 0. The van der Waals surface area contributed by atoms with E-state index >= 15 is 0 Å². The lowest BCUT2D eigenvalue weighted by atomic mass is 9.92. The molecule has 1 fully saturated rings. The van der Waals surface area contributed by atoms with Crippen LogP contribution in [-0.4, -0.2) is 43.5 Å². The predicted octanol–water partition coefficient (Wildman–Crippen LogP) is 4.72. The van der Waals surface area contributed by atoms with E-state index < -0.39 is 0 Å². The fourth-order valence-electron chi connectivity index (χ4n) is 3.51. The zero-order chi connectivity index (χ0) is 21.5. The van der Waals surface area contributed by atoms with Crippen LogP contribution in [0.4, 0.5) is 0 Å². The van der Waals surface area contributed by atoms with Crippen molar-refractivity contribution in [1.82, 2.24) is 4.98 Å². The molecule has 1 aromatic heterocycles. The molecule has 0 radical (unpaired) electrons. The summed E-state index contributed by atoms with van der Waals surface area (Å²) in [6, 6.07) is 6.11. The third kappa shape index (κ3) is 5.80. The number of hydrogen-bond donors (Lipinski definition) is 0. The number of benzene rings is 1. The van der Waals surface area contributed by atoms with Crippen molar-refractivity contribution in [3.8, 4) is 16.2 Å². The van der Waals surface area contributed by atoms with E-state index in [-0.39, 0.29) is 30.0 Å². The van der Waals surface area contributed by atoms with Gasteiger partial charge in [-0.15, -0.1) is 11.3 Å². The number of thiazole rings is 1. The van der Waals surface area contributed by atoms with E-state index in [0.29, 0.717) is 19.8 Å². The third-order valence-electron chi connectivity index (χ3n) is 5.39. The van der Waals surface area contributed by atoms with Gasteiger partial charge in [0.15, 0.2) is 0 Å². The van der Waals surface area contributed by atoms with Crippen LogP contribution in [0.2, 0.25) is 0 Å². The van der Waals surface area contributed by atoms with E-state index in [2.05, 4.69) is 18.8 Å². The second-order valence-electron chi connectivity index (χ2n) is 7.97. The Morgan fingerprint density at radius 2 is 2.10 bits per heavy atom. The monoisotopic (exact) mass is 433 g/mol. The lowest BCUT2D eigenvalue weighted by Gasteiger charge is -2.19. The summed E-state index contributed by atoms with van der Waals surface area (Å²) in [7, 11) is 1.69. The number of nitrogens with zero attached hydrogens (tertiary/aromatic N) is 1. The fourth-order valence-corrected chi connectivity index (χ4v) is 4.16. The molecule has 3 unspecified atom stereocenters. The number of ether oxygens (including phenoxy) is 4. The molecule has 30 heavy (non-hydrogen) atoms. The molecule has 7 heteroatoms. The molecule has 0 aliphatic carbocycles. The molecule has 2 heterocycles. The van der Waals surface area contributed by atoms with Crippen LogP contribution in [0.5, 0.6) is 5.75 Å². The van der Waals surface area contributed by atoms with E-state index in [9.17, 15) is 4.79 Å². The van der Waals surface area contributed by atoms with Crippen molar-refractivity contribution in [1.29, 1.82) is 0 Å². The Morgan fingerprint density at radius 3 is 2.77 bits per heavy atom. The average Bonchev–Trinajstić information content (AvgIpc) is 3.39. The van der Waals surface area contributed by atoms with Crippen molar-refractivity contribution < 1.29 is 23.7 Å². The molecule has 3 atom stereocenters. The smallest absolute Gasteiger partial charge is 0.309 e. The molecule has 1 aromatic carbocycles. The van der Waals surface area contributed by atoms with Gasteiger partial charge >= 0.3 is 5.97 Å². The summed E-state index contributed by atoms with van der Waals surface area (Å²) >= 11 is 1.58. The molecular formula is C23H31NO5S. The normalized spacial score (nSPS) is 19.8. The first-order chi connectivity index (χ1) is 14.5. The third-order valence-corrected chi connectivity index (χ3v) is 6.20. The summed E-state index contributed by atoms with van der Waals surface area (Å²) in [5.41, 5.74) is 3.86. The second-order valence-corrected chi connectivity index (χ2v) is 8.86. The van der Waals surface area contributed by atoms with Crippen LogP contribution in [0, 0.1) is 11.8 Å². The van der Waals surface area contributed by atoms with Crippen molar-refractivity contribution in [3.63, 3.8) is 0 Å². The number of esters is 1. The standard InChI is InChI=1S/C23H31NO5S/c1-15(2)19-11-20(29-23(19)25)16(3)28-13-17-6-7-18(22-12-24-14-30-22)21(10-17)27-9-5-8-26-4/h6-7,10,12,14-16,19-20H,5,8-9,11,13H2,1-4H3. The Balaban J connectivity index is 1.63. The van der Waals surface area contributed by atoms with Gasteiger partial charge in [-0.2, -0.15) is 0 Å². The Hall–Kier alpha value is -1.96. The number of cyclic esters (lactones) is 1. The minimum absolute atomic E-state index is 0.0353. The highest BCUT2D eigenvalue weighted by Gasteiger charge is 2.39. The van der Waals surface area contributed by atoms with Crippen molar-refractivity contribution in [2.75, 3.05) is 20.3 Å². The summed E-state index contributed by atoms with van der Waals surface area (Å²) in [5.74, 6) is 0.959. The van der Waals surface area contributed by atoms with Crippen molar-refractivity contribution in [2.45, 2.75) is 52.4 Å².